The van der Waals surface area contributed by atoms with Crippen molar-refractivity contribution in [3.8, 4) is 0 Å². The van der Waals surface area contributed by atoms with Gasteiger partial charge in [-0.25, -0.2) is 4.52 Å². The molecule has 1 unspecified atom stereocenters. The van der Waals surface area contributed by atoms with Gasteiger partial charge in [-0.2, -0.15) is 5.10 Å². The molecule has 0 aliphatic carbocycles. The number of amides is 2. The second kappa shape index (κ2) is 8.43. The van der Waals surface area contributed by atoms with Crippen molar-refractivity contribution in [2.75, 3.05) is 13.1 Å². The molecule has 4 rings (SSSR count). The fourth-order valence-corrected chi connectivity index (χ4v) is 3.75. The van der Waals surface area contributed by atoms with Gasteiger partial charge in [-0.15, -0.1) is 0 Å². The standard InChI is InChI=1S/C22H25N5O2/c1-16-7-8-17(14-23-16)13-21(28)26-10-4-5-18(9-12-26)25-22(29)19-15-24-27-11-3-2-6-20(19)27/h2-3,6-8,11,14-15,18H,4-5,9-10,12-13H2,1H3,(H,25,29). The van der Waals surface area contributed by atoms with Crippen molar-refractivity contribution in [1.29, 1.82) is 0 Å². The van der Waals surface area contributed by atoms with Gasteiger partial charge in [0.15, 0.2) is 0 Å². The molecule has 3 aromatic rings. The summed E-state index contributed by atoms with van der Waals surface area (Å²) in [6.07, 6.45) is 8.05. The number of carbonyl (C=O) groups is 2. The van der Waals surface area contributed by atoms with Crippen LogP contribution in [-0.2, 0) is 11.2 Å². The summed E-state index contributed by atoms with van der Waals surface area (Å²) in [6.45, 7) is 3.31. The molecule has 1 fully saturated rings. The topological polar surface area (TPSA) is 79.6 Å². The summed E-state index contributed by atoms with van der Waals surface area (Å²) in [5, 5.41) is 7.36. The normalized spacial score (nSPS) is 17.1. The van der Waals surface area contributed by atoms with Crippen molar-refractivity contribution in [2.24, 2.45) is 0 Å². The molecule has 7 nitrogen and oxygen atoms in total. The molecule has 1 atom stereocenters. The zero-order valence-corrected chi connectivity index (χ0v) is 16.5. The lowest BCUT2D eigenvalue weighted by molar-refractivity contribution is -0.130. The molecule has 4 heterocycles. The summed E-state index contributed by atoms with van der Waals surface area (Å²) in [4.78, 5) is 31.6. The summed E-state index contributed by atoms with van der Waals surface area (Å²) >= 11 is 0. The Hall–Kier alpha value is -3.22. The van der Waals surface area contributed by atoms with Crippen LogP contribution in [0.2, 0.25) is 0 Å². The number of hydrogen-bond acceptors (Lipinski definition) is 4. The number of carbonyl (C=O) groups excluding carboxylic acids is 2. The summed E-state index contributed by atoms with van der Waals surface area (Å²) in [5.41, 5.74) is 3.25. The van der Waals surface area contributed by atoms with Crippen LogP contribution in [-0.4, -0.2) is 50.4 Å². The van der Waals surface area contributed by atoms with Gasteiger partial charge in [0, 0.05) is 37.2 Å². The van der Waals surface area contributed by atoms with Crippen LogP contribution in [0.3, 0.4) is 0 Å². The SMILES string of the molecule is Cc1ccc(CC(=O)N2CCCC(NC(=O)c3cnn4ccccc34)CC2)cn1. The molecule has 1 N–H and O–H groups in total. The lowest BCUT2D eigenvalue weighted by Crippen LogP contribution is -2.37. The average Bonchev–Trinajstić information content (AvgIpc) is 3.02. The first-order valence-corrected chi connectivity index (χ1v) is 10.0. The molecular formula is C22H25N5O2. The Labute approximate surface area is 169 Å². The van der Waals surface area contributed by atoms with E-state index in [0.717, 1.165) is 42.6 Å². The Morgan fingerprint density at radius 3 is 2.86 bits per heavy atom. The quantitative estimate of drug-likeness (QED) is 0.741. The molecule has 0 spiro atoms. The molecule has 0 radical (unpaired) electrons. The third kappa shape index (κ3) is 4.45. The lowest BCUT2D eigenvalue weighted by Gasteiger charge is -2.21. The van der Waals surface area contributed by atoms with E-state index in [9.17, 15) is 9.59 Å². The van der Waals surface area contributed by atoms with E-state index in [0.29, 0.717) is 18.5 Å². The molecule has 29 heavy (non-hydrogen) atoms. The third-order valence-electron chi connectivity index (χ3n) is 5.42. The van der Waals surface area contributed by atoms with Crippen molar-refractivity contribution in [3.05, 3.63) is 65.7 Å². The number of hydrogen-bond donors (Lipinski definition) is 1. The number of rotatable bonds is 4. The molecule has 0 aromatic carbocycles. The number of nitrogens with zero attached hydrogens (tertiary/aromatic N) is 4. The van der Waals surface area contributed by atoms with Gasteiger partial charge in [-0.05, 0) is 49.9 Å². The van der Waals surface area contributed by atoms with Crippen LogP contribution >= 0.6 is 0 Å². The Bertz CT molecular complexity index is 1010. The molecule has 150 valence electrons. The second-order valence-electron chi connectivity index (χ2n) is 7.56. The van der Waals surface area contributed by atoms with Crippen LogP contribution in [0.5, 0.6) is 0 Å². The van der Waals surface area contributed by atoms with E-state index in [2.05, 4.69) is 15.4 Å². The molecule has 1 aliphatic heterocycles. The van der Waals surface area contributed by atoms with Crippen LogP contribution in [0.25, 0.3) is 5.52 Å². The minimum atomic E-state index is -0.110. The van der Waals surface area contributed by atoms with Crippen LogP contribution in [0.15, 0.2) is 48.9 Å². The van der Waals surface area contributed by atoms with E-state index in [-0.39, 0.29) is 17.9 Å². The second-order valence-corrected chi connectivity index (χ2v) is 7.56. The fraction of sp³-hybridized carbons (Fsp3) is 0.364. The molecule has 0 saturated carbocycles. The number of likely N-dealkylation sites (tertiary alicyclic amines) is 1. The Morgan fingerprint density at radius 1 is 1.14 bits per heavy atom. The predicted molar refractivity (Wildman–Crippen MR) is 110 cm³/mol. The smallest absolute Gasteiger partial charge is 0.255 e. The summed E-state index contributed by atoms with van der Waals surface area (Å²) < 4.78 is 1.70. The minimum absolute atomic E-state index is 0.0556. The van der Waals surface area contributed by atoms with Gasteiger partial charge >= 0.3 is 0 Å². The van der Waals surface area contributed by atoms with Gasteiger partial charge in [0.05, 0.1) is 23.7 Å². The van der Waals surface area contributed by atoms with E-state index in [1.165, 1.54) is 0 Å². The van der Waals surface area contributed by atoms with Crippen LogP contribution in [0.4, 0.5) is 0 Å². The molecule has 1 aliphatic rings. The van der Waals surface area contributed by atoms with Gasteiger partial charge in [0.25, 0.3) is 5.91 Å². The first-order valence-electron chi connectivity index (χ1n) is 10.0. The molecule has 3 aromatic heterocycles. The Morgan fingerprint density at radius 2 is 2.03 bits per heavy atom. The molecule has 7 heteroatoms. The van der Waals surface area contributed by atoms with E-state index < -0.39 is 0 Å². The third-order valence-corrected chi connectivity index (χ3v) is 5.42. The van der Waals surface area contributed by atoms with Crippen molar-refractivity contribution >= 4 is 17.3 Å². The van der Waals surface area contributed by atoms with Crippen molar-refractivity contribution in [2.45, 2.75) is 38.6 Å². The summed E-state index contributed by atoms with van der Waals surface area (Å²) in [7, 11) is 0. The maximum atomic E-state index is 12.7. The van der Waals surface area contributed by atoms with Crippen LogP contribution in [0.1, 0.15) is 40.9 Å². The predicted octanol–water partition coefficient (Wildman–Crippen LogP) is 2.39. The van der Waals surface area contributed by atoms with Crippen molar-refractivity contribution < 1.29 is 9.59 Å². The monoisotopic (exact) mass is 391 g/mol. The molecule has 2 amide bonds. The van der Waals surface area contributed by atoms with Gasteiger partial charge in [-0.1, -0.05) is 12.1 Å². The lowest BCUT2D eigenvalue weighted by atomic mass is 10.1. The number of aryl methyl sites for hydroxylation is 1. The highest BCUT2D eigenvalue weighted by molar-refractivity contribution is 6.00. The van der Waals surface area contributed by atoms with E-state index in [1.54, 1.807) is 16.9 Å². The van der Waals surface area contributed by atoms with Gasteiger partial charge in [0.2, 0.25) is 5.91 Å². The Balaban J connectivity index is 1.34. The number of pyridine rings is 2. The molecular weight excluding hydrogens is 366 g/mol. The Kier molecular flexibility index (Phi) is 5.55. The maximum absolute atomic E-state index is 12.7. The van der Waals surface area contributed by atoms with Crippen LogP contribution in [0, 0.1) is 6.92 Å². The first kappa shape index (κ1) is 19.1. The highest BCUT2D eigenvalue weighted by Crippen LogP contribution is 2.15. The molecule has 1 saturated heterocycles. The highest BCUT2D eigenvalue weighted by atomic mass is 16.2. The fourth-order valence-electron chi connectivity index (χ4n) is 3.75. The summed E-state index contributed by atoms with van der Waals surface area (Å²) in [6, 6.07) is 9.60. The van der Waals surface area contributed by atoms with Crippen LogP contribution < -0.4 is 5.32 Å². The van der Waals surface area contributed by atoms with E-state index >= 15 is 0 Å². The zero-order chi connectivity index (χ0) is 20.2. The number of nitrogens with one attached hydrogen (secondary N) is 1. The highest BCUT2D eigenvalue weighted by Gasteiger charge is 2.23. The molecule has 0 bridgehead atoms. The first-order chi connectivity index (χ1) is 14.1. The summed E-state index contributed by atoms with van der Waals surface area (Å²) in [5.74, 6) is 0.00645. The largest absolute Gasteiger partial charge is 0.349 e. The van der Waals surface area contributed by atoms with Crippen molar-refractivity contribution in [1.82, 2.24) is 24.8 Å². The maximum Gasteiger partial charge on any atom is 0.255 e. The van der Waals surface area contributed by atoms with Gasteiger partial charge in [-0.3, -0.25) is 14.6 Å². The van der Waals surface area contributed by atoms with Crippen molar-refractivity contribution in [3.63, 3.8) is 0 Å². The number of aromatic nitrogens is 3. The zero-order valence-electron chi connectivity index (χ0n) is 16.5. The van der Waals surface area contributed by atoms with Gasteiger partial charge in [0.1, 0.15) is 0 Å². The average molecular weight is 391 g/mol. The van der Waals surface area contributed by atoms with Gasteiger partial charge < -0.3 is 10.2 Å². The van der Waals surface area contributed by atoms with E-state index in [1.807, 2.05) is 48.4 Å². The minimum Gasteiger partial charge on any atom is -0.349 e. The number of fused-ring (bicyclic) bond motifs is 1. The van der Waals surface area contributed by atoms with E-state index in [4.69, 9.17) is 0 Å².